The monoisotopic (exact) mass is 650 g/mol. The Morgan fingerprint density at radius 1 is 0.458 bits per heavy atom. The van der Waals surface area contributed by atoms with Crippen LogP contribution in [-0.4, -0.2) is 4.98 Å². The summed E-state index contributed by atoms with van der Waals surface area (Å²) in [6.07, 6.45) is 0. The van der Waals surface area contributed by atoms with Gasteiger partial charge in [0, 0.05) is 48.6 Å². The molecular weight excluding hydrogens is 625 g/mol. The highest BCUT2D eigenvalue weighted by atomic mass is 32.1. The Balaban J connectivity index is 1.17. The SMILES string of the molecule is c1ccc(-c2ccc(N(c3ccc4c(c3)oc3ccc5sc(-c6ccccc6)nc5c34)c3cccc4sc5ccccc5c34)cc2)cc1. The maximum absolute atomic E-state index is 6.60. The van der Waals surface area contributed by atoms with Crippen molar-refractivity contribution in [2.75, 3.05) is 4.90 Å². The molecule has 0 bridgehead atoms. The molecule has 0 saturated carbocycles. The summed E-state index contributed by atoms with van der Waals surface area (Å²) in [5.41, 5.74) is 9.47. The molecular formula is C43H26N2OS2. The highest BCUT2D eigenvalue weighted by Gasteiger charge is 2.21. The average Bonchev–Trinajstić information content (AvgIpc) is 3.86. The summed E-state index contributed by atoms with van der Waals surface area (Å²) in [6, 6.07) is 56.0. The van der Waals surface area contributed by atoms with Crippen LogP contribution in [0, 0.1) is 0 Å². The number of anilines is 3. The van der Waals surface area contributed by atoms with E-state index in [0.717, 1.165) is 59.8 Å². The van der Waals surface area contributed by atoms with Crippen LogP contribution >= 0.6 is 22.7 Å². The van der Waals surface area contributed by atoms with Gasteiger partial charge >= 0.3 is 0 Å². The molecule has 0 radical (unpaired) electrons. The van der Waals surface area contributed by atoms with Gasteiger partial charge in [0.2, 0.25) is 0 Å². The van der Waals surface area contributed by atoms with Gasteiger partial charge in [-0.05, 0) is 65.7 Å². The second-order valence-electron chi connectivity index (χ2n) is 11.9. The fourth-order valence-electron chi connectivity index (χ4n) is 6.89. The van der Waals surface area contributed by atoms with E-state index >= 15 is 0 Å². The highest BCUT2D eigenvalue weighted by molar-refractivity contribution is 7.26. The summed E-state index contributed by atoms with van der Waals surface area (Å²) in [5.74, 6) is 0. The molecule has 3 nitrogen and oxygen atoms in total. The van der Waals surface area contributed by atoms with Crippen molar-refractivity contribution in [3.63, 3.8) is 0 Å². The van der Waals surface area contributed by atoms with Gasteiger partial charge in [-0.2, -0.15) is 0 Å². The topological polar surface area (TPSA) is 29.3 Å². The number of thiophene rings is 1. The summed E-state index contributed by atoms with van der Waals surface area (Å²) >= 11 is 3.56. The Labute approximate surface area is 284 Å². The van der Waals surface area contributed by atoms with Gasteiger partial charge in [0.1, 0.15) is 16.2 Å². The van der Waals surface area contributed by atoms with Gasteiger partial charge in [0.15, 0.2) is 0 Å². The van der Waals surface area contributed by atoms with Crippen molar-refractivity contribution < 1.29 is 4.42 Å². The van der Waals surface area contributed by atoms with Crippen molar-refractivity contribution in [3.8, 4) is 21.7 Å². The quantitative estimate of drug-likeness (QED) is 0.186. The molecule has 0 saturated heterocycles. The second kappa shape index (κ2) is 10.9. The van der Waals surface area contributed by atoms with Crippen molar-refractivity contribution in [2.24, 2.45) is 0 Å². The first-order chi connectivity index (χ1) is 23.8. The van der Waals surface area contributed by atoms with E-state index in [1.165, 1.54) is 31.3 Å². The number of hydrogen-bond acceptors (Lipinski definition) is 5. The summed E-state index contributed by atoms with van der Waals surface area (Å²) in [6.45, 7) is 0. The first kappa shape index (κ1) is 27.4. The van der Waals surface area contributed by atoms with E-state index in [1.54, 1.807) is 11.3 Å². The maximum atomic E-state index is 6.60. The van der Waals surface area contributed by atoms with Crippen LogP contribution in [0.4, 0.5) is 17.1 Å². The van der Waals surface area contributed by atoms with Crippen LogP contribution in [0.3, 0.4) is 0 Å². The number of hydrogen-bond donors (Lipinski definition) is 0. The largest absolute Gasteiger partial charge is 0.456 e. The predicted molar refractivity (Wildman–Crippen MR) is 205 cm³/mol. The fourth-order valence-corrected chi connectivity index (χ4v) is 8.99. The lowest BCUT2D eigenvalue weighted by molar-refractivity contribution is 0.669. The predicted octanol–water partition coefficient (Wildman–Crippen LogP) is 13.4. The van der Waals surface area contributed by atoms with Crippen LogP contribution in [0.15, 0.2) is 162 Å². The van der Waals surface area contributed by atoms with E-state index in [2.05, 4.69) is 157 Å². The Bertz CT molecular complexity index is 2780. The number of thiazole rings is 1. The first-order valence-corrected chi connectivity index (χ1v) is 17.6. The van der Waals surface area contributed by atoms with E-state index in [-0.39, 0.29) is 0 Å². The lowest BCUT2D eigenvalue weighted by atomic mass is 10.0. The Kier molecular flexibility index (Phi) is 6.22. The van der Waals surface area contributed by atoms with E-state index in [9.17, 15) is 0 Å². The minimum absolute atomic E-state index is 0.845. The van der Waals surface area contributed by atoms with Crippen LogP contribution in [0.5, 0.6) is 0 Å². The summed E-state index contributed by atoms with van der Waals surface area (Å²) in [5, 5.41) is 5.68. The number of furan rings is 1. The molecule has 0 spiro atoms. The molecule has 5 heteroatoms. The molecule has 226 valence electrons. The Hall–Kier alpha value is -5.75. The van der Waals surface area contributed by atoms with E-state index in [4.69, 9.17) is 9.40 Å². The van der Waals surface area contributed by atoms with E-state index < -0.39 is 0 Å². The minimum atomic E-state index is 0.845. The van der Waals surface area contributed by atoms with E-state index in [1.807, 2.05) is 17.4 Å². The van der Waals surface area contributed by atoms with Gasteiger partial charge in [-0.1, -0.05) is 97.1 Å². The molecule has 10 rings (SSSR count). The first-order valence-electron chi connectivity index (χ1n) is 16.0. The van der Waals surface area contributed by atoms with Crippen LogP contribution in [0.1, 0.15) is 0 Å². The minimum Gasteiger partial charge on any atom is -0.456 e. The third kappa shape index (κ3) is 4.36. The molecule has 0 amide bonds. The smallest absolute Gasteiger partial charge is 0.137 e. The normalized spacial score (nSPS) is 11.8. The van der Waals surface area contributed by atoms with Crippen molar-refractivity contribution in [1.82, 2.24) is 4.98 Å². The molecule has 0 aliphatic carbocycles. The molecule has 3 heterocycles. The maximum Gasteiger partial charge on any atom is 0.137 e. The lowest BCUT2D eigenvalue weighted by Crippen LogP contribution is -2.10. The van der Waals surface area contributed by atoms with Gasteiger partial charge in [0.25, 0.3) is 0 Å². The van der Waals surface area contributed by atoms with Crippen LogP contribution in [-0.2, 0) is 0 Å². The van der Waals surface area contributed by atoms with Crippen molar-refractivity contribution in [1.29, 1.82) is 0 Å². The van der Waals surface area contributed by atoms with E-state index in [0.29, 0.717) is 0 Å². The zero-order chi connectivity index (χ0) is 31.6. The molecule has 10 aromatic rings. The molecule has 0 aliphatic rings. The standard InChI is InChI=1S/C43H26N2OS2/c1-3-10-27(11-4-1)28-18-20-30(21-19-28)45(34-15-9-17-38-40(34)33-14-7-8-16-37(33)47-38)31-22-23-32-36(26-31)46-35-24-25-39-42(41(32)35)44-43(48-39)29-12-5-2-6-13-29/h1-26H. The number of fused-ring (bicyclic) bond motifs is 8. The molecule has 48 heavy (non-hydrogen) atoms. The molecule has 0 unspecified atom stereocenters. The van der Waals surface area contributed by atoms with Gasteiger partial charge in [0.05, 0.1) is 21.3 Å². The van der Waals surface area contributed by atoms with Gasteiger partial charge in [-0.15, -0.1) is 22.7 Å². The second-order valence-corrected chi connectivity index (χ2v) is 14.1. The number of aromatic nitrogens is 1. The van der Waals surface area contributed by atoms with Crippen molar-refractivity contribution >= 4 is 92.1 Å². The van der Waals surface area contributed by atoms with Crippen molar-refractivity contribution in [3.05, 3.63) is 158 Å². The van der Waals surface area contributed by atoms with Crippen LogP contribution in [0.25, 0.3) is 74.0 Å². The zero-order valence-corrected chi connectivity index (χ0v) is 27.3. The molecule has 7 aromatic carbocycles. The van der Waals surface area contributed by atoms with Crippen molar-refractivity contribution in [2.45, 2.75) is 0 Å². The summed E-state index contributed by atoms with van der Waals surface area (Å²) in [7, 11) is 0. The Morgan fingerprint density at radius 2 is 1.17 bits per heavy atom. The fraction of sp³-hybridized carbons (Fsp3) is 0. The van der Waals surface area contributed by atoms with Gasteiger partial charge < -0.3 is 9.32 Å². The number of rotatable bonds is 5. The Morgan fingerprint density at radius 3 is 2.00 bits per heavy atom. The molecule has 0 atom stereocenters. The average molecular weight is 651 g/mol. The number of benzene rings is 7. The highest BCUT2D eigenvalue weighted by Crippen LogP contribution is 2.46. The molecule has 3 aromatic heterocycles. The van der Waals surface area contributed by atoms with Crippen LogP contribution in [0.2, 0.25) is 0 Å². The van der Waals surface area contributed by atoms with Gasteiger partial charge in [-0.3, -0.25) is 0 Å². The van der Waals surface area contributed by atoms with Gasteiger partial charge in [-0.25, -0.2) is 4.98 Å². The summed E-state index contributed by atoms with van der Waals surface area (Å²) < 4.78 is 10.3. The molecule has 0 aliphatic heterocycles. The zero-order valence-electron chi connectivity index (χ0n) is 25.6. The third-order valence-corrected chi connectivity index (χ3v) is 11.3. The summed E-state index contributed by atoms with van der Waals surface area (Å²) in [4.78, 5) is 7.50. The number of nitrogens with zero attached hydrogens (tertiary/aromatic N) is 2. The lowest BCUT2D eigenvalue weighted by Gasteiger charge is -2.26. The molecule has 0 fully saturated rings. The van der Waals surface area contributed by atoms with Crippen LogP contribution < -0.4 is 4.90 Å². The molecule has 0 N–H and O–H groups in total. The third-order valence-electron chi connectivity index (χ3n) is 9.11.